The number of ether oxygens (including phenoxy) is 1. The molecule has 5 heteroatoms. The number of anilines is 1. The van der Waals surface area contributed by atoms with Gasteiger partial charge in [-0.15, -0.1) is 0 Å². The number of amides is 1. The molecule has 0 spiro atoms. The van der Waals surface area contributed by atoms with Crippen molar-refractivity contribution in [3.63, 3.8) is 0 Å². The van der Waals surface area contributed by atoms with Gasteiger partial charge in [-0.25, -0.2) is 0 Å². The number of nitriles is 1. The zero-order valence-electron chi connectivity index (χ0n) is 9.87. The number of methoxy groups -OCH3 is 1. The van der Waals surface area contributed by atoms with Crippen LogP contribution in [0.2, 0.25) is 0 Å². The molecule has 1 N–H and O–H groups in total. The van der Waals surface area contributed by atoms with Crippen molar-refractivity contribution in [1.82, 2.24) is 0 Å². The molecule has 1 amide bonds. The molecule has 0 aromatic heterocycles. The number of benzene rings is 1. The maximum absolute atomic E-state index is 11.8. The van der Waals surface area contributed by atoms with Crippen LogP contribution in [0.3, 0.4) is 0 Å². The molecule has 0 heterocycles. The maximum atomic E-state index is 11.8. The first-order valence-electron chi connectivity index (χ1n) is 4.97. The van der Waals surface area contributed by atoms with Crippen molar-refractivity contribution in [3.05, 3.63) is 22.7 Å². The molecule has 0 atom stereocenters. The number of rotatable bonds is 3. The fourth-order valence-corrected chi connectivity index (χ4v) is 1.47. The van der Waals surface area contributed by atoms with E-state index in [1.165, 1.54) is 7.11 Å². The molecule has 1 aromatic carbocycles. The molecule has 90 valence electrons. The molecule has 17 heavy (non-hydrogen) atoms. The highest BCUT2D eigenvalue weighted by atomic mass is 79.9. The summed E-state index contributed by atoms with van der Waals surface area (Å²) in [4.78, 5) is 11.8. The van der Waals surface area contributed by atoms with Crippen molar-refractivity contribution in [2.45, 2.75) is 13.8 Å². The van der Waals surface area contributed by atoms with Crippen LogP contribution in [0.5, 0.6) is 5.75 Å². The molecule has 0 bridgehead atoms. The summed E-state index contributed by atoms with van der Waals surface area (Å²) >= 11 is 3.31. The molecule has 0 unspecified atom stereocenters. The smallest absolute Gasteiger partial charge is 0.244 e. The van der Waals surface area contributed by atoms with Gasteiger partial charge in [-0.3, -0.25) is 4.79 Å². The van der Waals surface area contributed by atoms with Crippen LogP contribution < -0.4 is 10.1 Å². The van der Waals surface area contributed by atoms with Crippen LogP contribution in [0, 0.1) is 16.7 Å². The standard InChI is InChI=1S/C12H13BrN2O2/c1-12(2,7-14)11(16)15-9-6-8(13)4-5-10(9)17-3/h4-6H,1-3H3,(H,15,16). The highest BCUT2D eigenvalue weighted by Crippen LogP contribution is 2.29. The normalized spacial score (nSPS) is 10.5. The van der Waals surface area contributed by atoms with Gasteiger partial charge >= 0.3 is 0 Å². The summed E-state index contributed by atoms with van der Waals surface area (Å²) < 4.78 is 5.95. The van der Waals surface area contributed by atoms with Crippen molar-refractivity contribution in [2.24, 2.45) is 5.41 Å². The Balaban J connectivity index is 3.00. The van der Waals surface area contributed by atoms with Crippen LogP contribution in [-0.4, -0.2) is 13.0 Å². The van der Waals surface area contributed by atoms with Crippen LogP contribution in [0.1, 0.15) is 13.8 Å². The van der Waals surface area contributed by atoms with Gasteiger partial charge in [0, 0.05) is 4.47 Å². The topological polar surface area (TPSA) is 62.1 Å². The van der Waals surface area contributed by atoms with E-state index in [0.717, 1.165) is 4.47 Å². The Bertz CT molecular complexity index is 478. The molecule has 4 nitrogen and oxygen atoms in total. The van der Waals surface area contributed by atoms with Gasteiger partial charge in [0.25, 0.3) is 0 Å². The van der Waals surface area contributed by atoms with E-state index >= 15 is 0 Å². The van der Waals surface area contributed by atoms with Gasteiger partial charge in [-0.05, 0) is 32.0 Å². The third-order valence-corrected chi connectivity index (χ3v) is 2.75. The van der Waals surface area contributed by atoms with Gasteiger partial charge in [0.1, 0.15) is 11.2 Å². The zero-order chi connectivity index (χ0) is 13.1. The van der Waals surface area contributed by atoms with E-state index < -0.39 is 5.41 Å². The van der Waals surface area contributed by atoms with Crippen molar-refractivity contribution in [1.29, 1.82) is 5.26 Å². The number of nitrogens with zero attached hydrogens (tertiary/aromatic N) is 1. The first-order chi connectivity index (χ1) is 7.90. The molecule has 0 aliphatic heterocycles. The predicted octanol–water partition coefficient (Wildman–Crippen LogP) is 2.95. The van der Waals surface area contributed by atoms with Crippen LogP contribution in [0.4, 0.5) is 5.69 Å². The summed E-state index contributed by atoms with van der Waals surface area (Å²) in [7, 11) is 1.52. The predicted molar refractivity (Wildman–Crippen MR) is 68.7 cm³/mol. The van der Waals surface area contributed by atoms with E-state index in [4.69, 9.17) is 10.00 Å². The van der Waals surface area contributed by atoms with Crippen LogP contribution in [-0.2, 0) is 4.79 Å². The van der Waals surface area contributed by atoms with Crippen LogP contribution >= 0.6 is 15.9 Å². The Morgan fingerprint density at radius 3 is 2.71 bits per heavy atom. The minimum atomic E-state index is -1.08. The summed E-state index contributed by atoms with van der Waals surface area (Å²) in [6.07, 6.45) is 0. The Hall–Kier alpha value is -1.54. The van der Waals surface area contributed by atoms with E-state index in [9.17, 15) is 4.79 Å². The summed E-state index contributed by atoms with van der Waals surface area (Å²) in [5.41, 5.74) is -0.539. The minimum absolute atomic E-state index is 0.364. The van der Waals surface area contributed by atoms with Gasteiger partial charge in [-0.2, -0.15) is 5.26 Å². The molecule has 0 fully saturated rings. The Morgan fingerprint density at radius 2 is 2.18 bits per heavy atom. The van der Waals surface area contributed by atoms with Gasteiger partial charge in [0.05, 0.1) is 18.9 Å². The lowest BCUT2D eigenvalue weighted by atomic mass is 9.94. The Labute approximate surface area is 109 Å². The van der Waals surface area contributed by atoms with Crippen molar-refractivity contribution in [3.8, 4) is 11.8 Å². The largest absolute Gasteiger partial charge is 0.495 e. The molecule has 0 saturated carbocycles. The van der Waals surface area contributed by atoms with Gasteiger partial charge < -0.3 is 10.1 Å². The van der Waals surface area contributed by atoms with E-state index in [2.05, 4.69) is 21.2 Å². The lowest BCUT2D eigenvalue weighted by molar-refractivity contribution is -0.121. The molecule has 0 radical (unpaired) electrons. The molecule has 1 aromatic rings. The first-order valence-corrected chi connectivity index (χ1v) is 5.76. The molecular weight excluding hydrogens is 284 g/mol. The first kappa shape index (κ1) is 13.5. The van der Waals surface area contributed by atoms with E-state index in [-0.39, 0.29) is 5.91 Å². The van der Waals surface area contributed by atoms with Gasteiger partial charge in [0.2, 0.25) is 5.91 Å². The average molecular weight is 297 g/mol. The Kier molecular flexibility index (Phi) is 4.13. The van der Waals surface area contributed by atoms with Crippen molar-refractivity contribution >= 4 is 27.5 Å². The fraction of sp³-hybridized carbons (Fsp3) is 0.333. The van der Waals surface area contributed by atoms with E-state index in [0.29, 0.717) is 11.4 Å². The number of nitrogens with one attached hydrogen (secondary N) is 1. The van der Waals surface area contributed by atoms with Crippen molar-refractivity contribution in [2.75, 3.05) is 12.4 Å². The minimum Gasteiger partial charge on any atom is -0.495 e. The summed E-state index contributed by atoms with van der Waals surface area (Å²) in [6, 6.07) is 7.22. The molecular formula is C12H13BrN2O2. The highest BCUT2D eigenvalue weighted by Gasteiger charge is 2.27. The van der Waals surface area contributed by atoms with Gasteiger partial charge in [0.15, 0.2) is 0 Å². The number of hydrogen-bond acceptors (Lipinski definition) is 3. The second-order valence-electron chi connectivity index (χ2n) is 4.04. The molecule has 0 aliphatic rings. The number of hydrogen-bond donors (Lipinski definition) is 1. The van der Waals surface area contributed by atoms with Crippen LogP contribution in [0.25, 0.3) is 0 Å². The maximum Gasteiger partial charge on any atom is 0.244 e. The average Bonchev–Trinajstić information content (AvgIpc) is 2.29. The van der Waals surface area contributed by atoms with E-state index in [1.54, 1.807) is 26.0 Å². The lowest BCUT2D eigenvalue weighted by Crippen LogP contribution is -2.29. The monoisotopic (exact) mass is 296 g/mol. The highest BCUT2D eigenvalue weighted by molar-refractivity contribution is 9.10. The second-order valence-corrected chi connectivity index (χ2v) is 4.95. The SMILES string of the molecule is COc1ccc(Br)cc1NC(=O)C(C)(C)C#N. The number of carbonyl (C=O) groups is 1. The second kappa shape index (κ2) is 5.19. The quantitative estimate of drug-likeness (QED) is 0.933. The molecule has 0 saturated heterocycles. The number of halogens is 1. The van der Waals surface area contributed by atoms with E-state index in [1.807, 2.05) is 12.1 Å². The molecule has 1 rings (SSSR count). The van der Waals surface area contributed by atoms with Gasteiger partial charge in [-0.1, -0.05) is 15.9 Å². The lowest BCUT2D eigenvalue weighted by Gasteiger charge is -2.16. The number of carbonyl (C=O) groups excluding carboxylic acids is 1. The zero-order valence-corrected chi connectivity index (χ0v) is 11.5. The summed E-state index contributed by atoms with van der Waals surface area (Å²) in [5, 5.41) is 11.5. The van der Waals surface area contributed by atoms with Crippen molar-refractivity contribution < 1.29 is 9.53 Å². The molecule has 0 aliphatic carbocycles. The fourth-order valence-electron chi connectivity index (χ4n) is 1.11. The third-order valence-electron chi connectivity index (χ3n) is 2.26. The third kappa shape index (κ3) is 3.21. The summed E-state index contributed by atoms with van der Waals surface area (Å²) in [5.74, 6) is 0.187. The summed E-state index contributed by atoms with van der Waals surface area (Å²) in [6.45, 7) is 3.12. The Morgan fingerprint density at radius 1 is 1.53 bits per heavy atom. The van der Waals surface area contributed by atoms with Crippen LogP contribution in [0.15, 0.2) is 22.7 Å².